The van der Waals surface area contributed by atoms with Crippen molar-refractivity contribution in [3.05, 3.63) is 46.0 Å². The number of nitrogens with zero attached hydrogens (tertiary/aromatic N) is 4. The number of aromatic nitrogens is 1. The van der Waals surface area contributed by atoms with Crippen LogP contribution in [0.15, 0.2) is 35.3 Å². The van der Waals surface area contributed by atoms with Crippen LogP contribution in [-0.2, 0) is 4.74 Å². The molecule has 0 bridgehead atoms. The first-order chi connectivity index (χ1) is 17.3. The molecule has 3 rings (SSSR count). The van der Waals surface area contributed by atoms with Crippen LogP contribution in [0.3, 0.4) is 0 Å². The monoisotopic (exact) mass is 497 g/mol. The third-order valence-electron chi connectivity index (χ3n) is 5.99. The zero-order valence-corrected chi connectivity index (χ0v) is 21.3. The van der Waals surface area contributed by atoms with Crippen LogP contribution in [0.25, 0.3) is 0 Å². The molecular formula is C25H35N7O4. The van der Waals surface area contributed by atoms with Crippen molar-refractivity contribution in [1.29, 1.82) is 0 Å². The largest absolute Gasteiger partial charge is 0.450 e. The molecule has 0 aliphatic carbocycles. The number of aliphatic imine (C=N–C) groups is 1. The van der Waals surface area contributed by atoms with E-state index in [1.807, 2.05) is 0 Å². The number of pyridine rings is 1. The van der Waals surface area contributed by atoms with Gasteiger partial charge in [-0.25, -0.2) is 14.8 Å². The first-order valence-corrected chi connectivity index (χ1v) is 12.4. The molecule has 1 atom stereocenters. The van der Waals surface area contributed by atoms with E-state index in [0.29, 0.717) is 23.9 Å². The number of anilines is 3. The maximum atomic E-state index is 12.0. The van der Waals surface area contributed by atoms with Crippen molar-refractivity contribution in [1.82, 2.24) is 9.88 Å². The molecule has 11 heteroatoms. The minimum Gasteiger partial charge on any atom is -0.450 e. The van der Waals surface area contributed by atoms with Crippen LogP contribution in [-0.4, -0.2) is 65.4 Å². The van der Waals surface area contributed by atoms with Gasteiger partial charge in [-0.15, -0.1) is 0 Å². The van der Waals surface area contributed by atoms with Crippen molar-refractivity contribution in [3.63, 3.8) is 0 Å². The van der Waals surface area contributed by atoms with Crippen molar-refractivity contribution in [2.75, 3.05) is 48.7 Å². The zero-order valence-electron chi connectivity index (χ0n) is 21.3. The highest BCUT2D eigenvalue weighted by atomic mass is 16.6. The quantitative estimate of drug-likeness (QED) is 0.275. The smallest absolute Gasteiger partial charge is 0.412 e. The number of ether oxygens (including phenoxy) is 1. The van der Waals surface area contributed by atoms with Crippen LogP contribution in [0.2, 0.25) is 0 Å². The molecule has 1 amide bonds. The molecule has 1 aromatic carbocycles. The van der Waals surface area contributed by atoms with Crippen LogP contribution >= 0.6 is 0 Å². The van der Waals surface area contributed by atoms with E-state index in [9.17, 15) is 14.9 Å². The second-order valence-corrected chi connectivity index (χ2v) is 8.53. The van der Waals surface area contributed by atoms with Crippen molar-refractivity contribution in [3.8, 4) is 0 Å². The minimum atomic E-state index is -0.575. The predicted octanol–water partition coefficient (Wildman–Crippen LogP) is 5.03. The second-order valence-electron chi connectivity index (χ2n) is 8.53. The first-order valence-electron chi connectivity index (χ1n) is 12.4. The Bertz CT molecular complexity index is 1080. The average molecular weight is 498 g/mol. The molecular weight excluding hydrogens is 462 g/mol. The Morgan fingerprint density at radius 2 is 1.97 bits per heavy atom. The highest BCUT2D eigenvalue weighted by Crippen LogP contribution is 2.38. The Morgan fingerprint density at radius 1 is 1.25 bits per heavy atom. The van der Waals surface area contributed by atoms with Crippen LogP contribution in [0.1, 0.15) is 46.1 Å². The number of nitrogens with one attached hydrogen (secondary N) is 3. The normalized spacial score (nSPS) is 13.3. The molecule has 0 radical (unpaired) electrons. The average Bonchev–Trinajstić information content (AvgIpc) is 2.86. The van der Waals surface area contributed by atoms with Gasteiger partial charge in [-0.05, 0) is 64.0 Å². The number of rotatable bonds is 12. The topological polar surface area (TPSA) is 134 Å². The summed E-state index contributed by atoms with van der Waals surface area (Å²) in [4.78, 5) is 34.3. The number of benzene rings is 1. The van der Waals surface area contributed by atoms with Gasteiger partial charge in [0.25, 0.3) is 5.69 Å². The van der Waals surface area contributed by atoms with Crippen LogP contribution in [0.4, 0.5) is 33.5 Å². The van der Waals surface area contributed by atoms with Gasteiger partial charge in [-0.2, -0.15) is 0 Å². The van der Waals surface area contributed by atoms with E-state index in [1.54, 1.807) is 25.1 Å². The van der Waals surface area contributed by atoms with Crippen molar-refractivity contribution in [2.24, 2.45) is 4.99 Å². The fourth-order valence-corrected chi connectivity index (χ4v) is 4.00. The van der Waals surface area contributed by atoms with E-state index in [1.165, 1.54) is 12.1 Å². The molecule has 1 aliphatic rings. The van der Waals surface area contributed by atoms with Gasteiger partial charge < -0.3 is 20.3 Å². The fourth-order valence-electron chi connectivity index (χ4n) is 4.00. The highest BCUT2D eigenvalue weighted by Gasteiger charge is 2.21. The van der Waals surface area contributed by atoms with Crippen LogP contribution < -0.4 is 16.0 Å². The molecule has 194 valence electrons. The fraction of sp³-hybridized carbons (Fsp3) is 0.480. The molecule has 2 heterocycles. The summed E-state index contributed by atoms with van der Waals surface area (Å²) in [6, 6.07) is 8.22. The summed E-state index contributed by atoms with van der Waals surface area (Å²) < 4.78 is 5.00. The lowest BCUT2D eigenvalue weighted by Crippen LogP contribution is -2.26. The molecule has 3 N–H and O–H groups in total. The molecule has 0 saturated heterocycles. The summed E-state index contributed by atoms with van der Waals surface area (Å²) in [6.07, 6.45) is 1.43. The molecule has 0 spiro atoms. The standard InChI is InChI=1S/C25H35N7O4/c1-5-31(6-2)14-8-9-17(4)27-20-15-22(30-25(33)36-7-3)29-24-23(20)28-21(16-26-24)18-10-12-19(13-11-18)32(34)35/h10-13,15,17H,5-9,14,16H2,1-4H3,(H3,26,27,29,30,33). The number of nitro groups is 1. The number of carbonyl (C=O) groups is 1. The minimum absolute atomic E-state index is 0.0285. The Balaban J connectivity index is 1.86. The van der Waals surface area contributed by atoms with Crippen molar-refractivity contribution >= 4 is 40.5 Å². The van der Waals surface area contributed by atoms with E-state index in [2.05, 4.69) is 46.6 Å². The Kier molecular flexibility index (Phi) is 9.57. The summed E-state index contributed by atoms with van der Waals surface area (Å²) in [6.45, 7) is 11.9. The Hall–Kier alpha value is -3.73. The third-order valence-corrected chi connectivity index (χ3v) is 5.99. The molecule has 11 nitrogen and oxygen atoms in total. The van der Waals surface area contributed by atoms with E-state index in [0.717, 1.165) is 49.4 Å². The summed E-state index contributed by atoms with van der Waals surface area (Å²) in [5.74, 6) is 0.888. The lowest BCUT2D eigenvalue weighted by molar-refractivity contribution is -0.384. The number of carbonyl (C=O) groups excluding carboxylic acids is 1. The van der Waals surface area contributed by atoms with Crippen molar-refractivity contribution < 1.29 is 14.5 Å². The predicted molar refractivity (Wildman–Crippen MR) is 143 cm³/mol. The number of amides is 1. The summed E-state index contributed by atoms with van der Waals surface area (Å²) >= 11 is 0. The highest BCUT2D eigenvalue weighted by molar-refractivity contribution is 6.08. The van der Waals surface area contributed by atoms with Gasteiger partial charge in [-0.3, -0.25) is 15.4 Å². The van der Waals surface area contributed by atoms with Gasteiger partial charge in [0.2, 0.25) is 0 Å². The SMILES string of the molecule is CCOC(=O)Nc1cc(NC(C)CCCN(CC)CC)c2c(n1)NCC(c1ccc([N+](=O)[O-])cc1)=N2. The Morgan fingerprint density at radius 3 is 2.61 bits per heavy atom. The molecule has 0 saturated carbocycles. The van der Waals surface area contributed by atoms with E-state index in [-0.39, 0.29) is 18.3 Å². The van der Waals surface area contributed by atoms with E-state index < -0.39 is 11.0 Å². The number of fused-ring (bicyclic) bond motifs is 1. The van der Waals surface area contributed by atoms with Gasteiger partial charge in [0.1, 0.15) is 11.5 Å². The maximum absolute atomic E-state index is 12.0. The molecule has 2 aromatic rings. The number of nitro benzene ring substituents is 1. The van der Waals surface area contributed by atoms with Gasteiger partial charge in [0, 0.05) is 24.2 Å². The maximum Gasteiger partial charge on any atom is 0.412 e. The van der Waals surface area contributed by atoms with E-state index >= 15 is 0 Å². The number of hydrogen-bond acceptors (Lipinski definition) is 9. The van der Waals surface area contributed by atoms with Gasteiger partial charge >= 0.3 is 6.09 Å². The second kappa shape index (κ2) is 12.8. The van der Waals surface area contributed by atoms with Crippen LogP contribution in [0, 0.1) is 10.1 Å². The molecule has 1 unspecified atom stereocenters. The lowest BCUT2D eigenvalue weighted by atomic mass is 10.1. The van der Waals surface area contributed by atoms with E-state index in [4.69, 9.17) is 9.73 Å². The van der Waals surface area contributed by atoms with Gasteiger partial charge in [-0.1, -0.05) is 13.8 Å². The number of non-ortho nitro benzene ring substituents is 1. The van der Waals surface area contributed by atoms with Gasteiger partial charge in [0.15, 0.2) is 5.82 Å². The molecule has 0 fully saturated rings. The number of hydrogen-bond donors (Lipinski definition) is 3. The van der Waals surface area contributed by atoms with Crippen molar-refractivity contribution in [2.45, 2.75) is 46.6 Å². The summed E-state index contributed by atoms with van der Waals surface area (Å²) in [5, 5.41) is 20.5. The molecule has 1 aromatic heterocycles. The third kappa shape index (κ3) is 7.14. The summed E-state index contributed by atoms with van der Waals surface area (Å²) in [5.41, 5.74) is 2.90. The molecule has 1 aliphatic heterocycles. The van der Waals surface area contributed by atoms with Gasteiger partial charge in [0.05, 0.1) is 29.5 Å². The zero-order chi connectivity index (χ0) is 26.1. The Labute approximate surface area is 211 Å². The lowest BCUT2D eigenvalue weighted by Gasteiger charge is -2.24. The molecule has 36 heavy (non-hydrogen) atoms. The first kappa shape index (κ1) is 26.9. The summed E-state index contributed by atoms with van der Waals surface area (Å²) in [7, 11) is 0. The van der Waals surface area contributed by atoms with Crippen LogP contribution in [0.5, 0.6) is 0 Å².